The highest BCUT2D eigenvalue weighted by molar-refractivity contribution is 6.42. The molecule has 0 unspecified atom stereocenters. The minimum atomic E-state index is -0.305. The Morgan fingerprint density at radius 3 is 2.41 bits per heavy atom. The van der Waals surface area contributed by atoms with Gasteiger partial charge >= 0.3 is 0 Å². The summed E-state index contributed by atoms with van der Waals surface area (Å²) >= 11 is 18.4. The molecule has 1 aliphatic heterocycles. The minimum Gasteiger partial charge on any atom is -0.382 e. The zero-order valence-electron chi connectivity index (χ0n) is 18.3. The van der Waals surface area contributed by atoms with Gasteiger partial charge < -0.3 is 15.5 Å². The molecule has 0 bridgehead atoms. The van der Waals surface area contributed by atoms with Crippen LogP contribution in [0.15, 0.2) is 54.9 Å². The molecular weight excluding hydrogens is 497 g/mol. The first-order valence-electron chi connectivity index (χ1n) is 10.6. The van der Waals surface area contributed by atoms with Crippen LogP contribution >= 0.6 is 34.8 Å². The molecule has 1 fully saturated rings. The maximum atomic E-state index is 13.3. The molecule has 2 atom stereocenters. The summed E-state index contributed by atoms with van der Waals surface area (Å²) in [5.74, 6) is -0.576. The first-order chi connectivity index (χ1) is 16.3. The summed E-state index contributed by atoms with van der Waals surface area (Å²) in [7, 11) is 1.77. The fraction of sp³-hybridized carbons (Fsp3) is 0.250. The van der Waals surface area contributed by atoms with E-state index in [-0.39, 0.29) is 35.3 Å². The van der Waals surface area contributed by atoms with E-state index in [0.717, 1.165) is 5.56 Å². The Labute approximate surface area is 212 Å². The second-order valence-corrected chi connectivity index (χ2v) is 9.35. The third-order valence-electron chi connectivity index (χ3n) is 6.07. The normalized spacial score (nSPS) is 17.9. The third kappa shape index (κ3) is 4.97. The largest absolute Gasteiger partial charge is 0.382 e. The van der Waals surface area contributed by atoms with Crippen LogP contribution in [0.3, 0.4) is 0 Å². The lowest BCUT2D eigenvalue weighted by molar-refractivity contribution is 0.0515. The van der Waals surface area contributed by atoms with Gasteiger partial charge in [0.05, 0.1) is 10.0 Å². The molecule has 34 heavy (non-hydrogen) atoms. The van der Waals surface area contributed by atoms with Crippen molar-refractivity contribution in [3.63, 3.8) is 0 Å². The Morgan fingerprint density at radius 2 is 1.74 bits per heavy atom. The van der Waals surface area contributed by atoms with E-state index in [9.17, 15) is 9.59 Å². The van der Waals surface area contributed by atoms with Crippen LogP contribution in [0.4, 0.5) is 5.82 Å². The molecular formula is C24H22Cl3N5O2. The Morgan fingerprint density at radius 1 is 1.03 bits per heavy atom. The summed E-state index contributed by atoms with van der Waals surface area (Å²) in [6.45, 7) is 0.769. The van der Waals surface area contributed by atoms with Gasteiger partial charge in [0.25, 0.3) is 11.8 Å². The van der Waals surface area contributed by atoms with E-state index < -0.39 is 0 Å². The van der Waals surface area contributed by atoms with Crippen molar-refractivity contribution in [3.8, 4) is 0 Å². The van der Waals surface area contributed by atoms with Gasteiger partial charge in [0.2, 0.25) is 0 Å². The van der Waals surface area contributed by atoms with Gasteiger partial charge in [-0.25, -0.2) is 9.97 Å². The molecule has 7 nitrogen and oxygen atoms in total. The van der Waals surface area contributed by atoms with Gasteiger partial charge in [-0.3, -0.25) is 9.59 Å². The van der Waals surface area contributed by atoms with Gasteiger partial charge in [-0.05, 0) is 48.4 Å². The van der Waals surface area contributed by atoms with Crippen molar-refractivity contribution in [3.05, 3.63) is 86.7 Å². The molecule has 2 heterocycles. The molecule has 2 N–H and O–H groups in total. The van der Waals surface area contributed by atoms with E-state index in [1.807, 2.05) is 6.07 Å². The van der Waals surface area contributed by atoms with Gasteiger partial charge in [0, 0.05) is 55.1 Å². The van der Waals surface area contributed by atoms with Crippen LogP contribution in [0.5, 0.6) is 0 Å². The molecule has 1 aliphatic rings. The number of likely N-dealkylation sites (N-methyl/N-ethyl adjacent to an activating group) is 1. The van der Waals surface area contributed by atoms with Crippen molar-refractivity contribution < 1.29 is 9.59 Å². The second kappa shape index (κ2) is 10.2. The Bertz CT molecular complexity index is 1220. The van der Waals surface area contributed by atoms with Gasteiger partial charge in [0.1, 0.15) is 0 Å². The first kappa shape index (κ1) is 24.3. The van der Waals surface area contributed by atoms with E-state index in [1.165, 1.54) is 12.4 Å². The zero-order valence-corrected chi connectivity index (χ0v) is 20.6. The lowest BCUT2D eigenvalue weighted by Crippen LogP contribution is -2.52. The fourth-order valence-electron chi connectivity index (χ4n) is 4.27. The van der Waals surface area contributed by atoms with Crippen molar-refractivity contribution >= 4 is 52.4 Å². The smallest absolute Gasteiger partial charge is 0.276 e. The summed E-state index contributed by atoms with van der Waals surface area (Å²) in [6.07, 6.45) is 3.42. The maximum absolute atomic E-state index is 13.3. The standard InChI is InChI=1S/C24H22Cl3N5O2/c1-31(23(33)14-2-5-16(25)6-3-14)20-8-11-32(24(34)21-22(28)30-10-9-29-21)13-17(20)15-4-7-18(26)19(27)12-15/h2-7,9-10,12,17,20H,8,11,13H2,1H3,(H2,28,30)/t17-,20+/m0/s1. The Hall–Kier alpha value is -2.87. The van der Waals surface area contributed by atoms with Crippen LogP contribution in [0.2, 0.25) is 15.1 Å². The van der Waals surface area contributed by atoms with Crippen molar-refractivity contribution in [2.45, 2.75) is 18.4 Å². The van der Waals surface area contributed by atoms with Crippen molar-refractivity contribution in [1.29, 1.82) is 0 Å². The molecule has 0 spiro atoms. The quantitative estimate of drug-likeness (QED) is 0.536. The van der Waals surface area contributed by atoms with Gasteiger partial charge in [0.15, 0.2) is 11.5 Å². The van der Waals surface area contributed by atoms with Crippen LogP contribution in [0, 0.1) is 0 Å². The molecule has 2 aromatic carbocycles. The van der Waals surface area contributed by atoms with E-state index in [1.54, 1.807) is 53.2 Å². The highest BCUT2D eigenvalue weighted by Gasteiger charge is 2.37. The fourth-order valence-corrected chi connectivity index (χ4v) is 4.70. The number of hydrogen-bond acceptors (Lipinski definition) is 5. The SMILES string of the molecule is CN(C(=O)c1ccc(Cl)cc1)[C@@H]1CCN(C(=O)c2nccnc2N)C[C@H]1c1ccc(Cl)c(Cl)c1. The number of halogens is 3. The average molecular weight is 519 g/mol. The summed E-state index contributed by atoms with van der Waals surface area (Å²) in [6, 6.07) is 12.0. The van der Waals surface area contributed by atoms with Gasteiger partial charge in [-0.2, -0.15) is 0 Å². The van der Waals surface area contributed by atoms with Crippen molar-refractivity contribution in [1.82, 2.24) is 19.8 Å². The minimum absolute atomic E-state index is 0.0794. The predicted octanol–water partition coefficient (Wildman–Crippen LogP) is 4.79. The van der Waals surface area contributed by atoms with Gasteiger partial charge in [-0.15, -0.1) is 0 Å². The zero-order chi connectivity index (χ0) is 24.4. The van der Waals surface area contributed by atoms with E-state index in [2.05, 4.69) is 9.97 Å². The van der Waals surface area contributed by atoms with Crippen LogP contribution in [-0.2, 0) is 0 Å². The average Bonchev–Trinajstić information content (AvgIpc) is 2.85. The van der Waals surface area contributed by atoms with E-state index in [0.29, 0.717) is 40.1 Å². The number of rotatable bonds is 4. The number of carbonyl (C=O) groups is 2. The topological polar surface area (TPSA) is 92.4 Å². The molecule has 2 amide bonds. The summed E-state index contributed by atoms with van der Waals surface area (Å²) in [5.41, 5.74) is 7.40. The molecule has 10 heteroatoms. The second-order valence-electron chi connectivity index (χ2n) is 8.10. The maximum Gasteiger partial charge on any atom is 0.276 e. The molecule has 0 aliphatic carbocycles. The number of nitrogens with two attached hydrogens (primary N) is 1. The molecule has 0 radical (unpaired) electrons. The number of nitrogens with zero attached hydrogens (tertiary/aromatic N) is 4. The first-order valence-corrected chi connectivity index (χ1v) is 11.7. The summed E-state index contributed by atoms with van der Waals surface area (Å²) < 4.78 is 0. The van der Waals surface area contributed by atoms with Crippen LogP contribution in [0.1, 0.15) is 38.7 Å². The van der Waals surface area contributed by atoms with E-state index in [4.69, 9.17) is 40.5 Å². The molecule has 1 aromatic heterocycles. The highest BCUT2D eigenvalue weighted by Crippen LogP contribution is 2.35. The number of piperidine rings is 1. The lowest BCUT2D eigenvalue weighted by atomic mass is 9.84. The number of likely N-dealkylation sites (tertiary alicyclic amines) is 1. The lowest BCUT2D eigenvalue weighted by Gasteiger charge is -2.43. The van der Waals surface area contributed by atoms with Crippen LogP contribution < -0.4 is 5.73 Å². The number of aromatic nitrogens is 2. The molecule has 4 rings (SSSR count). The van der Waals surface area contributed by atoms with Crippen LogP contribution in [-0.4, -0.2) is 57.8 Å². The number of hydrogen-bond donors (Lipinski definition) is 1. The summed E-state index contributed by atoms with van der Waals surface area (Å²) in [4.78, 5) is 37.9. The number of benzene rings is 2. The Balaban J connectivity index is 1.65. The van der Waals surface area contributed by atoms with E-state index >= 15 is 0 Å². The van der Waals surface area contributed by atoms with Crippen LogP contribution in [0.25, 0.3) is 0 Å². The predicted molar refractivity (Wildman–Crippen MR) is 134 cm³/mol. The third-order valence-corrected chi connectivity index (χ3v) is 7.06. The number of carbonyl (C=O) groups excluding carboxylic acids is 2. The van der Waals surface area contributed by atoms with Crippen molar-refractivity contribution in [2.75, 3.05) is 25.9 Å². The molecule has 1 saturated heterocycles. The highest BCUT2D eigenvalue weighted by atomic mass is 35.5. The Kier molecular flexibility index (Phi) is 7.26. The number of anilines is 1. The van der Waals surface area contributed by atoms with Gasteiger partial charge in [-0.1, -0.05) is 40.9 Å². The number of nitrogen functional groups attached to an aromatic ring is 1. The monoisotopic (exact) mass is 517 g/mol. The molecule has 0 saturated carbocycles. The molecule has 176 valence electrons. The molecule has 3 aromatic rings. The summed E-state index contributed by atoms with van der Waals surface area (Å²) in [5, 5.41) is 1.40. The number of amides is 2. The van der Waals surface area contributed by atoms with Crippen molar-refractivity contribution in [2.24, 2.45) is 0 Å².